The fraction of sp³-hybridized carbons (Fsp3) is 0.636. The Morgan fingerprint density at radius 3 is 2.79 bits per heavy atom. The van der Waals surface area contributed by atoms with Crippen LogP contribution in [0.15, 0.2) is 5.38 Å². The standard InChI is InChI=1S/C11H15F3N2O2S/c1-3-18-9(17)6-8-7-19-10(15-8)16(2)5-4-11(12,13)14/h7H,3-6H2,1-2H3. The second-order valence-electron chi connectivity index (χ2n) is 3.89. The summed E-state index contributed by atoms with van der Waals surface area (Å²) in [5, 5.41) is 2.11. The van der Waals surface area contributed by atoms with Gasteiger partial charge in [0.05, 0.1) is 25.1 Å². The van der Waals surface area contributed by atoms with E-state index in [4.69, 9.17) is 4.74 Å². The van der Waals surface area contributed by atoms with E-state index >= 15 is 0 Å². The van der Waals surface area contributed by atoms with E-state index < -0.39 is 18.6 Å². The molecule has 0 aliphatic carbocycles. The molecule has 0 aliphatic rings. The van der Waals surface area contributed by atoms with E-state index in [1.54, 1.807) is 19.4 Å². The Bertz CT molecular complexity index is 420. The summed E-state index contributed by atoms with van der Waals surface area (Å²) in [6, 6.07) is 0. The van der Waals surface area contributed by atoms with Crippen LogP contribution in [0.3, 0.4) is 0 Å². The monoisotopic (exact) mass is 296 g/mol. The summed E-state index contributed by atoms with van der Waals surface area (Å²) in [7, 11) is 1.54. The fourth-order valence-corrected chi connectivity index (χ4v) is 2.12. The quantitative estimate of drug-likeness (QED) is 0.757. The van der Waals surface area contributed by atoms with Crippen molar-refractivity contribution < 1.29 is 22.7 Å². The van der Waals surface area contributed by atoms with Crippen molar-refractivity contribution in [3.8, 4) is 0 Å². The number of anilines is 1. The first-order valence-electron chi connectivity index (χ1n) is 5.69. The topological polar surface area (TPSA) is 42.4 Å². The molecule has 1 rings (SSSR count). The molecular weight excluding hydrogens is 281 g/mol. The lowest BCUT2D eigenvalue weighted by molar-refractivity contribution is -0.142. The summed E-state index contributed by atoms with van der Waals surface area (Å²) in [5.74, 6) is -0.391. The Hall–Kier alpha value is -1.31. The first-order valence-corrected chi connectivity index (χ1v) is 6.57. The van der Waals surface area contributed by atoms with Crippen LogP contribution in [0.4, 0.5) is 18.3 Å². The first-order chi connectivity index (χ1) is 8.81. The second-order valence-corrected chi connectivity index (χ2v) is 4.73. The van der Waals surface area contributed by atoms with Crippen LogP contribution >= 0.6 is 11.3 Å². The molecule has 0 unspecified atom stereocenters. The number of carbonyl (C=O) groups excluding carboxylic acids is 1. The van der Waals surface area contributed by atoms with Gasteiger partial charge in [-0.2, -0.15) is 13.2 Å². The van der Waals surface area contributed by atoms with Gasteiger partial charge in [-0.3, -0.25) is 4.79 Å². The van der Waals surface area contributed by atoms with Gasteiger partial charge >= 0.3 is 12.1 Å². The van der Waals surface area contributed by atoms with Gasteiger partial charge in [-0.1, -0.05) is 0 Å². The van der Waals surface area contributed by atoms with Crippen molar-refractivity contribution in [1.29, 1.82) is 0 Å². The zero-order chi connectivity index (χ0) is 14.5. The highest BCUT2D eigenvalue weighted by Crippen LogP contribution is 2.24. The van der Waals surface area contributed by atoms with Crippen LogP contribution in [-0.2, 0) is 16.0 Å². The molecule has 0 amide bonds. The minimum absolute atomic E-state index is 0.0391. The summed E-state index contributed by atoms with van der Waals surface area (Å²) >= 11 is 1.21. The number of rotatable bonds is 6. The van der Waals surface area contributed by atoms with Crippen molar-refractivity contribution in [3.63, 3.8) is 0 Å². The van der Waals surface area contributed by atoms with Gasteiger partial charge in [0.2, 0.25) is 0 Å². The average molecular weight is 296 g/mol. The van der Waals surface area contributed by atoms with Gasteiger partial charge in [-0.15, -0.1) is 11.3 Å². The van der Waals surface area contributed by atoms with E-state index in [9.17, 15) is 18.0 Å². The van der Waals surface area contributed by atoms with Gasteiger partial charge in [-0.25, -0.2) is 4.98 Å². The highest BCUT2D eigenvalue weighted by atomic mass is 32.1. The average Bonchev–Trinajstić information content (AvgIpc) is 2.73. The van der Waals surface area contributed by atoms with Gasteiger partial charge in [0.1, 0.15) is 0 Å². The maximum atomic E-state index is 12.1. The normalized spacial score (nSPS) is 11.4. The summed E-state index contributed by atoms with van der Waals surface area (Å²) in [6.45, 7) is 1.84. The highest BCUT2D eigenvalue weighted by Gasteiger charge is 2.27. The third-order valence-electron chi connectivity index (χ3n) is 2.23. The number of hydrogen-bond donors (Lipinski definition) is 0. The molecule has 4 nitrogen and oxygen atoms in total. The highest BCUT2D eigenvalue weighted by molar-refractivity contribution is 7.13. The van der Waals surface area contributed by atoms with Crippen LogP contribution in [0.1, 0.15) is 19.0 Å². The Kier molecular flexibility index (Phi) is 5.59. The molecule has 0 aromatic carbocycles. The molecular formula is C11H15F3N2O2S. The van der Waals surface area contributed by atoms with Crippen LogP contribution in [0.5, 0.6) is 0 Å². The summed E-state index contributed by atoms with van der Waals surface area (Å²) < 4.78 is 41.0. The van der Waals surface area contributed by atoms with Gasteiger partial charge < -0.3 is 9.64 Å². The Morgan fingerprint density at radius 1 is 1.53 bits per heavy atom. The number of hydrogen-bond acceptors (Lipinski definition) is 5. The third kappa shape index (κ3) is 5.91. The van der Waals surface area contributed by atoms with E-state index in [1.807, 2.05) is 0 Å². The number of thiazole rings is 1. The molecule has 1 heterocycles. The van der Waals surface area contributed by atoms with E-state index in [1.165, 1.54) is 16.2 Å². The predicted octanol–water partition coefficient (Wildman–Crippen LogP) is 2.64. The molecule has 0 N–H and O–H groups in total. The molecule has 0 aliphatic heterocycles. The SMILES string of the molecule is CCOC(=O)Cc1csc(N(C)CCC(F)(F)F)n1. The summed E-state index contributed by atoms with van der Waals surface area (Å²) in [6.07, 6.45) is -5.03. The minimum atomic E-state index is -4.18. The number of ether oxygens (including phenoxy) is 1. The first kappa shape index (κ1) is 15.7. The molecule has 0 saturated carbocycles. The van der Waals surface area contributed by atoms with Crippen LogP contribution in [0, 0.1) is 0 Å². The van der Waals surface area contributed by atoms with Gasteiger partial charge in [-0.05, 0) is 6.92 Å². The van der Waals surface area contributed by atoms with E-state index in [-0.39, 0.29) is 13.0 Å². The van der Waals surface area contributed by atoms with E-state index in [2.05, 4.69) is 4.98 Å². The van der Waals surface area contributed by atoms with Crippen LogP contribution in [-0.4, -0.2) is 37.3 Å². The van der Waals surface area contributed by atoms with Crippen LogP contribution < -0.4 is 4.90 Å². The van der Waals surface area contributed by atoms with E-state index in [0.717, 1.165) is 0 Å². The zero-order valence-corrected chi connectivity index (χ0v) is 11.5. The lowest BCUT2D eigenvalue weighted by atomic mass is 10.3. The molecule has 0 fully saturated rings. The molecule has 8 heteroatoms. The summed E-state index contributed by atoms with van der Waals surface area (Å²) in [4.78, 5) is 16.8. The van der Waals surface area contributed by atoms with Crippen molar-refractivity contribution >= 4 is 22.4 Å². The Morgan fingerprint density at radius 2 is 2.21 bits per heavy atom. The van der Waals surface area contributed by atoms with Crippen LogP contribution in [0.2, 0.25) is 0 Å². The predicted molar refractivity (Wildman–Crippen MR) is 66.4 cm³/mol. The van der Waals surface area contributed by atoms with Gasteiger partial charge in [0.15, 0.2) is 5.13 Å². The second kappa shape index (κ2) is 6.74. The van der Waals surface area contributed by atoms with Crippen LogP contribution in [0.25, 0.3) is 0 Å². The van der Waals surface area contributed by atoms with Crippen molar-refractivity contribution in [1.82, 2.24) is 4.98 Å². The smallest absolute Gasteiger partial charge is 0.390 e. The fourth-order valence-electron chi connectivity index (χ4n) is 1.30. The lowest BCUT2D eigenvalue weighted by Gasteiger charge is -2.16. The number of alkyl halides is 3. The number of carbonyl (C=O) groups is 1. The summed E-state index contributed by atoms with van der Waals surface area (Å²) in [5.41, 5.74) is 0.511. The maximum absolute atomic E-state index is 12.1. The van der Waals surface area contributed by atoms with Crippen molar-refractivity contribution in [2.24, 2.45) is 0 Å². The molecule has 0 atom stereocenters. The zero-order valence-electron chi connectivity index (χ0n) is 10.7. The number of aromatic nitrogens is 1. The van der Waals surface area contributed by atoms with Gasteiger partial charge in [0, 0.05) is 19.0 Å². The largest absolute Gasteiger partial charge is 0.466 e. The number of halogens is 3. The van der Waals surface area contributed by atoms with Gasteiger partial charge in [0.25, 0.3) is 0 Å². The maximum Gasteiger partial charge on any atom is 0.390 e. The molecule has 0 saturated heterocycles. The van der Waals surface area contributed by atoms with E-state index in [0.29, 0.717) is 17.4 Å². The van der Waals surface area contributed by atoms with Crippen molar-refractivity contribution in [3.05, 3.63) is 11.1 Å². The molecule has 19 heavy (non-hydrogen) atoms. The Balaban J connectivity index is 2.51. The molecule has 0 spiro atoms. The number of nitrogens with zero attached hydrogens (tertiary/aromatic N) is 2. The molecule has 1 aromatic rings. The Labute approximate surface area is 113 Å². The molecule has 108 valence electrons. The molecule has 1 aromatic heterocycles. The molecule has 0 bridgehead atoms. The number of esters is 1. The molecule has 0 radical (unpaired) electrons. The third-order valence-corrected chi connectivity index (χ3v) is 3.23. The lowest BCUT2D eigenvalue weighted by Crippen LogP contribution is -2.23. The van der Waals surface area contributed by atoms with Crippen molar-refractivity contribution in [2.45, 2.75) is 25.9 Å². The van der Waals surface area contributed by atoms with Crippen molar-refractivity contribution in [2.75, 3.05) is 25.1 Å². The minimum Gasteiger partial charge on any atom is -0.466 e.